The summed E-state index contributed by atoms with van der Waals surface area (Å²) in [6.07, 6.45) is 3.33. The SMILES string of the molecule is COC(=O)N[C@H](C(=O)N1CCC[C@H]1c1nc2ccc(C#Cc3ccc4nc([C@@H]5CCCN5)[nH]c4c3)cc2[nH]1)C(C)C. The van der Waals surface area contributed by atoms with Gasteiger partial charge in [0.25, 0.3) is 0 Å². The molecule has 2 aliphatic rings. The highest BCUT2D eigenvalue weighted by Gasteiger charge is 2.37. The highest BCUT2D eigenvalue weighted by Crippen LogP contribution is 2.33. The van der Waals surface area contributed by atoms with E-state index in [1.54, 1.807) is 0 Å². The first-order valence-electron chi connectivity index (χ1n) is 14.3. The average Bonchev–Trinajstić information content (AvgIpc) is 3.78. The van der Waals surface area contributed by atoms with E-state index >= 15 is 0 Å². The lowest BCUT2D eigenvalue weighted by Crippen LogP contribution is -2.51. The predicted octanol–water partition coefficient (Wildman–Crippen LogP) is 4.31. The van der Waals surface area contributed by atoms with Gasteiger partial charge in [-0.1, -0.05) is 25.7 Å². The van der Waals surface area contributed by atoms with Gasteiger partial charge in [-0.25, -0.2) is 14.8 Å². The number of carbonyl (C=O) groups is 2. The van der Waals surface area contributed by atoms with E-state index in [1.807, 2.05) is 55.1 Å². The van der Waals surface area contributed by atoms with Crippen molar-refractivity contribution in [1.29, 1.82) is 0 Å². The van der Waals surface area contributed by atoms with Gasteiger partial charge in [0.1, 0.15) is 17.7 Å². The molecule has 0 bridgehead atoms. The van der Waals surface area contributed by atoms with Crippen molar-refractivity contribution in [2.45, 2.75) is 57.7 Å². The molecular formula is C31H35N7O3. The summed E-state index contributed by atoms with van der Waals surface area (Å²) < 4.78 is 4.74. The fourth-order valence-electron chi connectivity index (χ4n) is 5.79. The number of hydrogen-bond acceptors (Lipinski definition) is 6. The molecule has 2 amide bonds. The molecule has 2 aromatic carbocycles. The number of amides is 2. The molecule has 0 saturated carbocycles. The van der Waals surface area contributed by atoms with Gasteiger partial charge in [-0.15, -0.1) is 0 Å². The van der Waals surface area contributed by atoms with Gasteiger partial charge in [-0.3, -0.25) is 4.79 Å². The molecule has 41 heavy (non-hydrogen) atoms. The largest absolute Gasteiger partial charge is 0.453 e. The van der Waals surface area contributed by atoms with Crippen LogP contribution in [0.5, 0.6) is 0 Å². The van der Waals surface area contributed by atoms with Crippen LogP contribution in [0.15, 0.2) is 36.4 Å². The van der Waals surface area contributed by atoms with Gasteiger partial charge in [0.05, 0.1) is 41.3 Å². The van der Waals surface area contributed by atoms with Crippen LogP contribution in [0.4, 0.5) is 4.79 Å². The third-order valence-electron chi connectivity index (χ3n) is 7.98. The van der Waals surface area contributed by atoms with Gasteiger partial charge >= 0.3 is 6.09 Å². The van der Waals surface area contributed by atoms with Crippen LogP contribution in [-0.4, -0.2) is 63.1 Å². The zero-order valence-electron chi connectivity index (χ0n) is 23.6. The average molecular weight is 554 g/mol. The Morgan fingerprint density at radius 3 is 2.24 bits per heavy atom. The Hall–Kier alpha value is -4.36. The Labute approximate surface area is 238 Å². The van der Waals surface area contributed by atoms with Crippen molar-refractivity contribution in [3.05, 3.63) is 59.2 Å². The number of imidazole rings is 2. The van der Waals surface area contributed by atoms with Crippen LogP contribution >= 0.6 is 0 Å². The number of aromatic amines is 2. The fraction of sp³-hybridized carbons (Fsp3) is 0.419. The number of benzene rings is 2. The summed E-state index contributed by atoms with van der Waals surface area (Å²) in [4.78, 5) is 43.6. The molecule has 10 heteroatoms. The number of ether oxygens (including phenoxy) is 1. The van der Waals surface area contributed by atoms with Crippen molar-refractivity contribution in [2.75, 3.05) is 20.2 Å². The number of aromatic nitrogens is 4. The van der Waals surface area contributed by atoms with E-state index in [2.05, 4.69) is 32.4 Å². The molecule has 2 fully saturated rings. The number of H-pyrrole nitrogens is 2. The molecule has 0 radical (unpaired) electrons. The summed E-state index contributed by atoms with van der Waals surface area (Å²) in [6, 6.07) is 11.4. The summed E-state index contributed by atoms with van der Waals surface area (Å²) in [5.74, 6) is 8.08. The number of carbonyl (C=O) groups excluding carboxylic acids is 2. The second kappa shape index (κ2) is 11.3. The van der Waals surface area contributed by atoms with E-state index in [-0.39, 0.29) is 17.9 Å². The number of methoxy groups -OCH3 is 1. The van der Waals surface area contributed by atoms with Gasteiger partial charge < -0.3 is 30.2 Å². The Morgan fingerprint density at radius 1 is 0.976 bits per heavy atom. The highest BCUT2D eigenvalue weighted by molar-refractivity contribution is 5.86. The van der Waals surface area contributed by atoms with Crippen molar-refractivity contribution in [1.82, 2.24) is 35.5 Å². The zero-order chi connectivity index (χ0) is 28.5. The minimum absolute atomic E-state index is 0.0833. The molecule has 3 atom stereocenters. The first kappa shape index (κ1) is 26.8. The number of likely N-dealkylation sites (tertiary alicyclic amines) is 1. The van der Waals surface area contributed by atoms with E-state index in [9.17, 15) is 9.59 Å². The van der Waals surface area contributed by atoms with E-state index in [0.717, 1.165) is 70.6 Å². The predicted molar refractivity (Wildman–Crippen MR) is 156 cm³/mol. The second-order valence-corrected chi connectivity index (χ2v) is 11.2. The van der Waals surface area contributed by atoms with Gasteiger partial charge in [0.15, 0.2) is 0 Å². The van der Waals surface area contributed by atoms with Gasteiger partial charge in [0, 0.05) is 17.7 Å². The minimum Gasteiger partial charge on any atom is -0.453 e. The van der Waals surface area contributed by atoms with Crippen molar-refractivity contribution in [3.8, 4) is 11.8 Å². The van der Waals surface area contributed by atoms with Crippen LogP contribution in [0.1, 0.15) is 74.4 Å². The normalized spacial score (nSPS) is 19.5. The molecule has 4 aromatic rings. The number of nitrogens with zero attached hydrogens (tertiary/aromatic N) is 3. The van der Waals surface area contributed by atoms with Crippen molar-refractivity contribution in [2.24, 2.45) is 5.92 Å². The first-order valence-corrected chi connectivity index (χ1v) is 14.3. The van der Waals surface area contributed by atoms with Crippen LogP contribution in [0.2, 0.25) is 0 Å². The van der Waals surface area contributed by atoms with Crippen LogP contribution in [0.3, 0.4) is 0 Å². The van der Waals surface area contributed by atoms with E-state index in [4.69, 9.17) is 14.7 Å². The molecule has 6 rings (SSSR count). The van der Waals surface area contributed by atoms with Gasteiger partial charge in [-0.05, 0) is 74.5 Å². The van der Waals surface area contributed by atoms with Crippen LogP contribution in [-0.2, 0) is 9.53 Å². The lowest BCUT2D eigenvalue weighted by molar-refractivity contribution is -0.135. The Morgan fingerprint density at radius 2 is 1.63 bits per heavy atom. The summed E-state index contributed by atoms with van der Waals surface area (Å²) >= 11 is 0. The van der Waals surface area contributed by atoms with E-state index < -0.39 is 12.1 Å². The molecule has 212 valence electrons. The third-order valence-corrected chi connectivity index (χ3v) is 7.98. The number of fused-ring (bicyclic) bond motifs is 2. The molecular weight excluding hydrogens is 518 g/mol. The first-order chi connectivity index (χ1) is 19.9. The zero-order valence-corrected chi connectivity index (χ0v) is 23.6. The lowest BCUT2D eigenvalue weighted by atomic mass is 10.0. The molecule has 2 saturated heterocycles. The summed E-state index contributed by atoms with van der Waals surface area (Å²) in [5.41, 5.74) is 5.42. The standard InChI is InChI=1S/C31H35N7O3/c1-18(2)27(37-31(40)41-3)30(39)38-15-5-7-26(38)29-34-22-13-11-20(17-25(22)36-29)9-8-19-10-12-21-24(16-19)35-28(33-21)23-6-4-14-32-23/h10-13,16-18,23,26-27,32H,4-7,14-15H2,1-3H3,(H,33,35)(H,34,36)(H,37,40)/t23-,26-,27-/m0/s1. The summed E-state index contributed by atoms with van der Waals surface area (Å²) in [5, 5.41) is 6.18. The maximum Gasteiger partial charge on any atom is 0.407 e. The van der Waals surface area contributed by atoms with Crippen LogP contribution in [0.25, 0.3) is 22.1 Å². The highest BCUT2D eigenvalue weighted by atomic mass is 16.5. The Bertz CT molecular complexity index is 1650. The Balaban J connectivity index is 1.20. The number of hydrogen-bond donors (Lipinski definition) is 4. The van der Waals surface area contributed by atoms with Crippen molar-refractivity contribution >= 4 is 34.1 Å². The molecule has 2 aliphatic heterocycles. The molecule has 2 aromatic heterocycles. The van der Waals surface area contributed by atoms with Crippen LogP contribution in [0, 0.1) is 17.8 Å². The fourth-order valence-corrected chi connectivity index (χ4v) is 5.79. The van der Waals surface area contributed by atoms with Crippen LogP contribution < -0.4 is 10.6 Å². The van der Waals surface area contributed by atoms with Gasteiger partial charge in [-0.2, -0.15) is 0 Å². The second-order valence-electron chi connectivity index (χ2n) is 11.2. The topological polar surface area (TPSA) is 128 Å². The maximum absolute atomic E-state index is 13.4. The van der Waals surface area contributed by atoms with E-state index in [1.165, 1.54) is 13.5 Å². The minimum atomic E-state index is -0.666. The molecule has 4 N–H and O–H groups in total. The van der Waals surface area contributed by atoms with Crippen molar-refractivity contribution in [3.63, 3.8) is 0 Å². The number of alkyl carbamates (subject to hydrolysis) is 1. The maximum atomic E-state index is 13.4. The molecule has 0 aliphatic carbocycles. The number of rotatable bonds is 5. The summed E-state index contributed by atoms with van der Waals surface area (Å²) in [6.45, 7) is 5.46. The molecule has 0 unspecified atom stereocenters. The molecule has 0 spiro atoms. The van der Waals surface area contributed by atoms with E-state index in [0.29, 0.717) is 12.6 Å². The number of nitrogens with one attached hydrogen (secondary N) is 4. The third kappa shape index (κ3) is 5.50. The summed E-state index contributed by atoms with van der Waals surface area (Å²) in [7, 11) is 1.30. The van der Waals surface area contributed by atoms with Gasteiger partial charge in [0.2, 0.25) is 5.91 Å². The quantitative estimate of drug-likeness (QED) is 0.273. The lowest BCUT2D eigenvalue weighted by Gasteiger charge is -2.29. The molecule has 10 nitrogen and oxygen atoms in total. The Kier molecular flexibility index (Phi) is 7.37. The monoisotopic (exact) mass is 553 g/mol. The smallest absolute Gasteiger partial charge is 0.407 e. The molecule has 4 heterocycles. The van der Waals surface area contributed by atoms with Crippen molar-refractivity contribution < 1.29 is 14.3 Å².